The van der Waals surface area contributed by atoms with E-state index < -0.39 is 0 Å². The lowest BCUT2D eigenvalue weighted by Crippen LogP contribution is -2.52. The standard InChI is InChI=1S/C17H24BrN3O/c1-13-12-14(6-7-16(13)18)19-17(22)21-10-8-20(9-11-21)15-4-2-3-5-15/h6-7,12,15H,2-5,8-11H2,1H3,(H,19,22). The Labute approximate surface area is 141 Å². The van der Waals surface area contributed by atoms with Gasteiger partial charge >= 0.3 is 6.03 Å². The summed E-state index contributed by atoms with van der Waals surface area (Å²) in [5.41, 5.74) is 1.99. The predicted octanol–water partition coefficient (Wildman–Crippen LogP) is 3.85. The fourth-order valence-corrected chi connectivity index (χ4v) is 3.73. The number of halogens is 1. The van der Waals surface area contributed by atoms with Crippen molar-refractivity contribution in [3.8, 4) is 0 Å². The van der Waals surface area contributed by atoms with Gasteiger partial charge in [-0.1, -0.05) is 28.8 Å². The van der Waals surface area contributed by atoms with Gasteiger partial charge in [-0.3, -0.25) is 4.90 Å². The second kappa shape index (κ2) is 7.01. The molecule has 0 unspecified atom stereocenters. The molecule has 0 spiro atoms. The fourth-order valence-electron chi connectivity index (χ4n) is 3.48. The molecule has 22 heavy (non-hydrogen) atoms. The first-order chi connectivity index (χ1) is 10.6. The van der Waals surface area contributed by atoms with Crippen molar-refractivity contribution in [2.45, 2.75) is 38.6 Å². The van der Waals surface area contributed by atoms with Gasteiger partial charge in [0, 0.05) is 42.4 Å². The van der Waals surface area contributed by atoms with Crippen LogP contribution in [0.15, 0.2) is 22.7 Å². The number of hydrogen-bond acceptors (Lipinski definition) is 2. The molecule has 3 rings (SSSR count). The zero-order valence-electron chi connectivity index (χ0n) is 13.1. The topological polar surface area (TPSA) is 35.6 Å². The molecule has 2 fully saturated rings. The summed E-state index contributed by atoms with van der Waals surface area (Å²) < 4.78 is 1.07. The maximum absolute atomic E-state index is 12.4. The number of hydrogen-bond donors (Lipinski definition) is 1. The smallest absolute Gasteiger partial charge is 0.321 e. The Morgan fingerprint density at radius 3 is 2.50 bits per heavy atom. The number of urea groups is 1. The maximum atomic E-state index is 12.4. The van der Waals surface area contributed by atoms with Gasteiger partial charge in [-0.05, 0) is 43.5 Å². The van der Waals surface area contributed by atoms with E-state index in [0.29, 0.717) is 0 Å². The number of amides is 2. The molecule has 1 aromatic carbocycles. The molecule has 0 atom stereocenters. The Hall–Kier alpha value is -1.07. The molecule has 0 radical (unpaired) electrons. The van der Waals surface area contributed by atoms with Gasteiger partial charge in [-0.15, -0.1) is 0 Å². The van der Waals surface area contributed by atoms with Gasteiger partial charge in [0.05, 0.1) is 0 Å². The second-order valence-corrected chi connectivity index (χ2v) is 7.21. The van der Waals surface area contributed by atoms with Crippen molar-refractivity contribution in [3.05, 3.63) is 28.2 Å². The van der Waals surface area contributed by atoms with E-state index >= 15 is 0 Å². The molecular formula is C17H24BrN3O. The predicted molar refractivity (Wildman–Crippen MR) is 93.3 cm³/mol. The van der Waals surface area contributed by atoms with Crippen LogP contribution in [-0.2, 0) is 0 Å². The molecule has 1 N–H and O–H groups in total. The van der Waals surface area contributed by atoms with Crippen LogP contribution in [0, 0.1) is 6.92 Å². The third-order valence-corrected chi connectivity index (χ3v) is 5.74. The lowest BCUT2D eigenvalue weighted by Gasteiger charge is -2.38. The lowest BCUT2D eigenvalue weighted by molar-refractivity contribution is 0.115. The highest BCUT2D eigenvalue weighted by molar-refractivity contribution is 9.10. The zero-order valence-corrected chi connectivity index (χ0v) is 14.7. The van der Waals surface area contributed by atoms with E-state index in [1.807, 2.05) is 30.0 Å². The van der Waals surface area contributed by atoms with Crippen LogP contribution in [0.1, 0.15) is 31.2 Å². The Bertz CT molecular complexity index is 535. The molecule has 5 heteroatoms. The molecule has 2 amide bonds. The van der Waals surface area contributed by atoms with Crippen molar-refractivity contribution in [1.29, 1.82) is 0 Å². The maximum Gasteiger partial charge on any atom is 0.321 e. The van der Waals surface area contributed by atoms with Crippen molar-refractivity contribution >= 4 is 27.6 Å². The Morgan fingerprint density at radius 2 is 1.86 bits per heavy atom. The van der Waals surface area contributed by atoms with Crippen molar-refractivity contribution in [1.82, 2.24) is 9.80 Å². The highest BCUT2D eigenvalue weighted by Gasteiger charge is 2.27. The van der Waals surface area contributed by atoms with Gasteiger partial charge in [0.1, 0.15) is 0 Å². The molecule has 1 aliphatic carbocycles. The van der Waals surface area contributed by atoms with Crippen LogP contribution in [0.4, 0.5) is 10.5 Å². The molecule has 1 saturated carbocycles. The van der Waals surface area contributed by atoms with Crippen molar-refractivity contribution in [2.24, 2.45) is 0 Å². The van der Waals surface area contributed by atoms with Gasteiger partial charge in [0.2, 0.25) is 0 Å². The number of anilines is 1. The normalized spacial score (nSPS) is 20.4. The molecule has 1 saturated heterocycles. The first-order valence-corrected chi connectivity index (χ1v) is 8.99. The number of nitrogens with zero attached hydrogens (tertiary/aromatic N) is 2. The third-order valence-electron chi connectivity index (χ3n) is 4.85. The highest BCUT2D eigenvalue weighted by Crippen LogP contribution is 2.24. The minimum absolute atomic E-state index is 0.0211. The van der Waals surface area contributed by atoms with Gasteiger partial charge in [-0.2, -0.15) is 0 Å². The summed E-state index contributed by atoms with van der Waals surface area (Å²) in [5.74, 6) is 0. The lowest BCUT2D eigenvalue weighted by atomic mass is 10.2. The first-order valence-electron chi connectivity index (χ1n) is 8.19. The number of aryl methyl sites for hydroxylation is 1. The summed E-state index contributed by atoms with van der Waals surface area (Å²) in [6.45, 7) is 5.71. The van der Waals surface area contributed by atoms with Gasteiger partial charge in [0.15, 0.2) is 0 Å². The number of carbonyl (C=O) groups is 1. The van der Waals surface area contributed by atoms with E-state index in [1.54, 1.807) is 0 Å². The molecule has 2 aliphatic rings. The number of nitrogens with one attached hydrogen (secondary N) is 1. The summed E-state index contributed by atoms with van der Waals surface area (Å²) in [4.78, 5) is 16.9. The fraction of sp³-hybridized carbons (Fsp3) is 0.588. The molecule has 1 heterocycles. The van der Waals surface area contributed by atoms with E-state index in [-0.39, 0.29) is 6.03 Å². The summed E-state index contributed by atoms with van der Waals surface area (Å²) in [5, 5.41) is 3.01. The van der Waals surface area contributed by atoms with Crippen LogP contribution in [0.5, 0.6) is 0 Å². The minimum atomic E-state index is 0.0211. The highest BCUT2D eigenvalue weighted by atomic mass is 79.9. The van der Waals surface area contributed by atoms with E-state index in [1.165, 1.54) is 25.7 Å². The Balaban J connectivity index is 1.52. The summed E-state index contributed by atoms with van der Waals surface area (Å²) in [6.07, 6.45) is 5.41. The molecule has 4 nitrogen and oxygen atoms in total. The molecule has 0 aromatic heterocycles. The van der Waals surface area contributed by atoms with E-state index in [9.17, 15) is 4.79 Å². The SMILES string of the molecule is Cc1cc(NC(=O)N2CCN(C3CCCC3)CC2)ccc1Br. The van der Waals surface area contributed by atoms with E-state index in [2.05, 4.69) is 26.1 Å². The van der Waals surface area contributed by atoms with E-state index in [0.717, 1.165) is 47.9 Å². The largest absolute Gasteiger partial charge is 0.322 e. The molecule has 0 bridgehead atoms. The van der Waals surface area contributed by atoms with Crippen LogP contribution in [0.25, 0.3) is 0 Å². The average molecular weight is 366 g/mol. The van der Waals surface area contributed by atoms with Gasteiger partial charge in [0.25, 0.3) is 0 Å². The first kappa shape index (κ1) is 15.8. The van der Waals surface area contributed by atoms with E-state index in [4.69, 9.17) is 0 Å². The number of carbonyl (C=O) groups excluding carboxylic acids is 1. The van der Waals surface area contributed by atoms with Crippen LogP contribution >= 0.6 is 15.9 Å². The van der Waals surface area contributed by atoms with Crippen LogP contribution in [0.2, 0.25) is 0 Å². The monoisotopic (exact) mass is 365 g/mol. The third kappa shape index (κ3) is 3.63. The number of benzene rings is 1. The van der Waals surface area contributed by atoms with Crippen LogP contribution in [-0.4, -0.2) is 48.1 Å². The summed E-state index contributed by atoms with van der Waals surface area (Å²) >= 11 is 3.48. The number of rotatable bonds is 2. The summed E-state index contributed by atoms with van der Waals surface area (Å²) in [6, 6.07) is 6.69. The Morgan fingerprint density at radius 1 is 1.18 bits per heavy atom. The molecule has 1 aromatic rings. The van der Waals surface area contributed by atoms with Crippen molar-refractivity contribution in [3.63, 3.8) is 0 Å². The van der Waals surface area contributed by atoms with Gasteiger partial charge in [-0.25, -0.2) is 4.79 Å². The van der Waals surface area contributed by atoms with Crippen molar-refractivity contribution < 1.29 is 4.79 Å². The molecule has 120 valence electrons. The van der Waals surface area contributed by atoms with Crippen molar-refractivity contribution in [2.75, 3.05) is 31.5 Å². The quantitative estimate of drug-likeness (QED) is 0.863. The zero-order chi connectivity index (χ0) is 15.5. The minimum Gasteiger partial charge on any atom is -0.322 e. The van der Waals surface area contributed by atoms with Crippen LogP contribution in [0.3, 0.4) is 0 Å². The van der Waals surface area contributed by atoms with Crippen LogP contribution < -0.4 is 5.32 Å². The summed E-state index contributed by atoms with van der Waals surface area (Å²) in [7, 11) is 0. The molecular weight excluding hydrogens is 342 g/mol. The Kier molecular flexibility index (Phi) is 5.03. The molecule has 1 aliphatic heterocycles. The van der Waals surface area contributed by atoms with Gasteiger partial charge < -0.3 is 10.2 Å². The second-order valence-electron chi connectivity index (χ2n) is 6.36. The number of piperazine rings is 1. The average Bonchev–Trinajstić information content (AvgIpc) is 3.05.